The van der Waals surface area contributed by atoms with Gasteiger partial charge in [0.05, 0.1) is 25.2 Å². The van der Waals surface area contributed by atoms with E-state index >= 15 is 0 Å². The summed E-state index contributed by atoms with van der Waals surface area (Å²) in [6.07, 6.45) is 5.06. The molecule has 3 heterocycles. The number of hydrogen-bond acceptors (Lipinski definition) is 4. The highest BCUT2D eigenvalue weighted by Gasteiger charge is 2.47. The lowest BCUT2D eigenvalue weighted by Gasteiger charge is -2.49. The van der Waals surface area contributed by atoms with Crippen LogP contribution in [-0.2, 0) is 16.0 Å². The summed E-state index contributed by atoms with van der Waals surface area (Å²) in [5.74, 6) is -0.351. The maximum absolute atomic E-state index is 12.3. The van der Waals surface area contributed by atoms with Gasteiger partial charge in [-0.3, -0.25) is 9.69 Å². The van der Waals surface area contributed by atoms with E-state index in [2.05, 4.69) is 40.2 Å². The molecule has 0 saturated carbocycles. The molecule has 0 spiro atoms. The number of aliphatic hydroxyl groups is 1. The highest BCUT2D eigenvalue weighted by molar-refractivity contribution is 5.85. The van der Waals surface area contributed by atoms with Gasteiger partial charge in [0.2, 0.25) is 0 Å². The fourth-order valence-electron chi connectivity index (χ4n) is 5.39. The summed E-state index contributed by atoms with van der Waals surface area (Å²) in [6.45, 7) is 1.98. The van der Waals surface area contributed by atoms with E-state index < -0.39 is 12.0 Å². The maximum Gasteiger partial charge on any atom is 0.311 e. The van der Waals surface area contributed by atoms with Crippen LogP contribution in [0.4, 0.5) is 0 Å². The Hall–Kier alpha value is -2.11. The molecule has 2 aromatic rings. The fraction of sp³-hybridized carbons (Fsp3) is 0.476. The lowest BCUT2D eigenvalue weighted by molar-refractivity contribution is -0.154. The molecule has 136 valence electrons. The monoisotopic (exact) mass is 352 g/mol. The van der Waals surface area contributed by atoms with Crippen molar-refractivity contribution in [3.63, 3.8) is 0 Å². The Morgan fingerprint density at radius 2 is 2.15 bits per heavy atom. The zero-order valence-corrected chi connectivity index (χ0v) is 14.9. The molecule has 1 aromatic carbocycles. The van der Waals surface area contributed by atoms with Gasteiger partial charge in [0, 0.05) is 29.7 Å². The van der Waals surface area contributed by atoms with Gasteiger partial charge < -0.3 is 14.8 Å². The van der Waals surface area contributed by atoms with Gasteiger partial charge in [-0.2, -0.15) is 0 Å². The van der Waals surface area contributed by atoms with Crippen molar-refractivity contribution in [3.8, 4) is 0 Å². The first-order chi connectivity index (χ1) is 12.7. The average molecular weight is 352 g/mol. The molecular formula is C21H24N2O3. The van der Waals surface area contributed by atoms with Crippen LogP contribution < -0.4 is 0 Å². The third-order valence-electron chi connectivity index (χ3n) is 6.62. The van der Waals surface area contributed by atoms with E-state index in [0.717, 1.165) is 25.9 Å². The molecule has 0 unspecified atom stereocenters. The second-order valence-corrected chi connectivity index (χ2v) is 7.81. The summed E-state index contributed by atoms with van der Waals surface area (Å²) in [5, 5.41) is 11.7. The van der Waals surface area contributed by atoms with E-state index in [9.17, 15) is 9.90 Å². The summed E-state index contributed by atoms with van der Waals surface area (Å²) < 4.78 is 5.01. The highest BCUT2D eigenvalue weighted by Crippen LogP contribution is 2.47. The van der Waals surface area contributed by atoms with Crippen LogP contribution in [-0.4, -0.2) is 47.3 Å². The molecule has 26 heavy (non-hydrogen) atoms. The zero-order chi connectivity index (χ0) is 17.8. The number of nitrogens with zero attached hydrogens (tertiary/aromatic N) is 1. The molecule has 2 N–H and O–H groups in total. The summed E-state index contributed by atoms with van der Waals surface area (Å²) >= 11 is 0. The molecule has 1 saturated heterocycles. The van der Waals surface area contributed by atoms with E-state index in [1.807, 2.05) is 0 Å². The van der Waals surface area contributed by atoms with Crippen LogP contribution >= 0.6 is 0 Å². The van der Waals surface area contributed by atoms with Gasteiger partial charge in [0.1, 0.15) is 0 Å². The minimum absolute atomic E-state index is 0.112. The molecule has 5 rings (SSSR count). The largest absolute Gasteiger partial charge is 0.469 e. The predicted octanol–water partition coefficient (Wildman–Crippen LogP) is 2.42. The summed E-state index contributed by atoms with van der Waals surface area (Å²) in [6, 6.07) is 8.76. The molecule has 3 aliphatic rings. The minimum atomic E-state index is -0.749. The highest BCUT2D eigenvalue weighted by atomic mass is 16.5. The van der Waals surface area contributed by atoms with Crippen LogP contribution in [0.2, 0.25) is 0 Å². The molecule has 1 aliphatic carbocycles. The van der Waals surface area contributed by atoms with Crippen molar-refractivity contribution < 1.29 is 14.6 Å². The van der Waals surface area contributed by atoms with Gasteiger partial charge in [-0.05, 0) is 36.3 Å². The predicted molar refractivity (Wildman–Crippen MR) is 98.6 cm³/mol. The minimum Gasteiger partial charge on any atom is -0.469 e. The Balaban J connectivity index is 1.54. The number of nitrogens with one attached hydrogen (secondary N) is 1. The van der Waals surface area contributed by atoms with Crippen molar-refractivity contribution >= 4 is 16.9 Å². The quantitative estimate of drug-likeness (QED) is 0.611. The lowest BCUT2D eigenvalue weighted by atomic mass is 9.67. The molecule has 0 radical (unpaired) electrons. The second-order valence-electron chi connectivity index (χ2n) is 7.81. The van der Waals surface area contributed by atoms with Crippen LogP contribution in [0.25, 0.3) is 10.9 Å². The number of hydrogen-bond donors (Lipinski definition) is 2. The van der Waals surface area contributed by atoms with Gasteiger partial charge in [-0.25, -0.2) is 0 Å². The first-order valence-corrected chi connectivity index (χ1v) is 9.45. The van der Waals surface area contributed by atoms with Crippen molar-refractivity contribution in [2.24, 2.45) is 17.8 Å². The number of carbonyl (C=O) groups is 1. The van der Waals surface area contributed by atoms with Gasteiger partial charge in [-0.1, -0.05) is 30.4 Å². The fourth-order valence-corrected chi connectivity index (χ4v) is 5.39. The molecule has 5 heteroatoms. The third-order valence-corrected chi connectivity index (χ3v) is 6.62. The standard InChI is InChI=1S/C21H24N2O3/c1-26-21(25)19-15-10-17-20-14(13-4-2-3-5-16(13)22-20)8-9-23(17)11-12(15)6-7-18(19)24/h2-7,12,15,17-19,22,24H,8-11H2,1H3/t12-,15-,17+,18-,19+/m0/s1. The number of esters is 1. The second kappa shape index (κ2) is 5.96. The first kappa shape index (κ1) is 16.1. The normalized spacial score (nSPS) is 33.4. The molecule has 5 nitrogen and oxygen atoms in total. The number of piperidine rings is 1. The molecule has 1 aromatic heterocycles. The Kier molecular flexibility index (Phi) is 3.69. The average Bonchev–Trinajstić information content (AvgIpc) is 3.05. The van der Waals surface area contributed by atoms with E-state index in [-0.39, 0.29) is 17.9 Å². The summed E-state index contributed by atoms with van der Waals surface area (Å²) in [4.78, 5) is 18.5. The van der Waals surface area contributed by atoms with Crippen molar-refractivity contribution in [3.05, 3.63) is 47.7 Å². The van der Waals surface area contributed by atoms with Gasteiger partial charge in [0.25, 0.3) is 0 Å². The van der Waals surface area contributed by atoms with Gasteiger partial charge in [-0.15, -0.1) is 0 Å². The number of rotatable bonds is 1. The van der Waals surface area contributed by atoms with Crippen molar-refractivity contribution in [1.82, 2.24) is 9.88 Å². The van der Waals surface area contributed by atoms with Crippen molar-refractivity contribution in [2.75, 3.05) is 20.2 Å². The maximum atomic E-state index is 12.3. The number of methoxy groups -OCH3 is 1. The first-order valence-electron chi connectivity index (χ1n) is 9.45. The van der Waals surface area contributed by atoms with Gasteiger partial charge in [0.15, 0.2) is 0 Å². The number of aromatic amines is 1. The third kappa shape index (κ3) is 2.27. The Morgan fingerprint density at radius 1 is 1.31 bits per heavy atom. The van der Waals surface area contributed by atoms with Crippen molar-refractivity contribution in [2.45, 2.75) is 25.0 Å². The number of benzene rings is 1. The molecule has 0 amide bonds. The van der Waals surface area contributed by atoms with Gasteiger partial charge >= 0.3 is 5.97 Å². The molecular weight excluding hydrogens is 328 g/mol. The van der Waals surface area contributed by atoms with E-state index in [4.69, 9.17) is 4.74 Å². The molecule has 0 bridgehead atoms. The number of ether oxygens (including phenoxy) is 1. The van der Waals surface area contributed by atoms with Crippen molar-refractivity contribution in [1.29, 1.82) is 0 Å². The number of para-hydroxylation sites is 1. The van der Waals surface area contributed by atoms with E-state index in [1.54, 1.807) is 6.08 Å². The van der Waals surface area contributed by atoms with Crippen LogP contribution in [0, 0.1) is 17.8 Å². The smallest absolute Gasteiger partial charge is 0.311 e. The van der Waals surface area contributed by atoms with E-state index in [0.29, 0.717) is 5.92 Å². The van der Waals surface area contributed by atoms with Crippen LogP contribution in [0.5, 0.6) is 0 Å². The number of H-pyrrole nitrogens is 1. The Labute approximate surface area is 152 Å². The number of aliphatic hydroxyl groups excluding tert-OH is 1. The van der Waals surface area contributed by atoms with Crippen LogP contribution in [0.1, 0.15) is 23.7 Å². The molecule has 5 atom stereocenters. The summed E-state index contributed by atoms with van der Waals surface area (Å²) in [7, 11) is 1.41. The molecule has 2 aliphatic heterocycles. The van der Waals surface area contributed by atoms with E-state index in [1.165, 1.54) is 29.3 Å². The van der Waals surface area contributed by atoms with Crippen LogP contribution in [0.3, 0.4) is 0 Å². The lowest BCUT2D eigenvalue weighted by Crippen LogP contribution is -2.51. The molecule has 1 fully saturated rings. The summed E-state index contributed by atoms with van der Waals surface area (Å²) in [5.41, 5.74) is 3.90. The number of carbonyl (C=O) groups excluding carboxylic acids is 1. The van der Waals surface area contributed by atoms with Crippen LogP contribution in [0.15, 0.2) is 36.4 Å². The number of fused-ring (bicyclic) bond motifs is 6. The zero-order valence-electron chi connectivity index (χ0n) is 14.9. The Morgan fingerprint density at radius 3 is 3.00 bits per heavy atom. The number of aromatic nitrogens is 1. The Bertz CT molecular complexity index is 887. The topological polar surface area (TPSA) is 65.6 Å². The SMILES string of the molecule is COC(=O)[C@@H]1[C@H]2C[C@@H]3c4[nH]c5ccccc5c4CCN3C[C@@H]2C=C[C@@H]1O.